The first-order chi connectivity index (χ1) is 23.5. The zero-order chi connectivity index (χ0) is 35.3. The number of ether oxygens (including phenoxy) is 2. The number of benzene rings is 1. The summed E-state index contributed by atoms with van der Waals surface area (Å²) < 4.78 is 26.2. The SMILES string of the molecule is CCOC(=O)N1CCN(C(=O)[C@H](CC(=O)O)NC(=O)c2cc(OCC(=O)N3CCC[C@@]3(C(=O)NC)C3CC3)n(-c3cccc(F)c3)n2)CC1. The molecular weight excluding hydrogens is 645 g/mol. The highest BCUT2D eigenvalue weighted by molar-refractivity contribution is 5.98. The number of amides is 5. The molecule has 3 N–H and O–H groups in total. The number of carboxylic acid groups (broad SMARTS) is 1. The van der Waals surface area contributed by atoms with Gasteiger partial charge in [0.05, 0.1) is 18.7 Å². The van der Waals surface area contributed by atoms with Crippen molar-refractivity contribution < 1.29 is 47.7 Å². The normalized spacial score (nSPS) is 19.6. The third-order valence-electron chi connectivity index (χ3n) is 9.00. The highest BCUT2D eigenvalue weighted by atomic mass is 19.1. The maximum atomic E-state index is 14.2. The largest absolute Gasteiger partial charge is 0.481 e. The van der Waals surface area contributed by atoms with E-state index >= 15 is 0 Å². The zero-order valence-corrected chi connectivity index (χ0v) is 27.4. The lowest BCUT2D eigenvalue weighted by atomic mass is 9.88. The summed E-state index contributed by atoms with van der Waals surface area (Å²) in [5.41, 5.74) is -1.08. The van der Waals surface area contributed by atoms with E-state index in [1.807, 2.05) is 0 Å². The lowest BCUT2D eigenvalue weighted by Gasteiger charge is -2.37. The quantitative estimate of drug-likeness (QED) is 0.288. The molecule has 0 radical (unpaired) electrons. The van der Waals surface area contributed by atoms with Gasteiger partial charge < -0.3 is 39.9 Å². The van der Waals surface area contributed by atoms with Crippen LogP contribution in [0.4, 0.5) is 9.18 Å². The molecule has 3 fully saturated rings. The Balaban J connectivity index is 1.33. The number of rotatable bonds is 12. The predicted octanol–water partition coefficient (Wildman–Crippen LogP) is 0.781. The van der Waals surface area contributed by atoms with Gasteiger partial charge >= 0.3 is 12.1 Å². The molecule has 1 saturated carbocycles. The Morgan fingerprint density at radius 1 is 1.06 bits per heavy atom. The van der Waals surface area contributed by atoms with Crippen molar-refractivity contribution in [3.63, 3.8) is 0 Å². The molecule has 16 nitrogen and oxygen atoms in total. The van der Waals surface area contributed by atoms with Gasteiger partial charge in [0.25, 0.3) is 11.8 Å². The first-order valence-corrected chi connectivity index (χ1v) is 16.2. The fourth-order valence-electron chi connectivity index (χ4n) is 6.55. The summed E-state index contributed by atoms with van der Waals surface area (Å²) in [4.78, 5) is 81.4. The summed E-state index contributed by atoms with van der Waals surface area (Å²) in [5, 5.41) is 18.9. The number of aromatic nitrogens is 2. The lowest BCUT2D eigenvalue weighted by Crippen LogP contribution is -2.59. The van der Waals surface area contributed by atoms with Crippen molar-refractivity contribution >= 4 is 35.7 Å². The van der Waals surface area contributed by atoms with Gasteiger partial charge in [0, 0.05) is 45.8 Å². The highest BCUT2D eigenvalue weighted by Crippen LogP contribution is 2.49. The molecule has 1 aliphatic carbocycles. The third-order valence-corrected chi connectivity index (χ3v) is 9.00. The second kappa shape index (κ2) is 14.9. The molecule has 49 heavy (non-hydrogen) atoms. The van der Waals surface area contributed by atoms with Crippen LogP contribution in [-0.2, 0) is 23.9 Å². The fourth-order valence-corrected chi connectivity index (χ4v) is 6.55. The standard InChI is InChI=1S/C32H40FN7O9/c1-3-48-31(47)38-14-12-37(13-15-38)29(45)24(18-27(42)43)35-28(44)23-17-26(40(36-23)22-7-4-6-21(33)16-22)49-19-25(41)39-11-5-10-32(39,20-8-9-20)30(46)34-2/h4,6-7,16-17,20,24H,3,5,8-15,18-19H2,1-2H3,(H,34,46)(H,35,44)(H,42,43)/t24-,32-/m0/s1. The molecule has 1 aromatic carbocycles. The van der Waals surface area contributed by atoms with Crippen LogP contribution in [-0.4, -0.2) is 130 Å². The van der Waals surface area contributed by atoms with Gasteiger partial charge in [0.1, 0.15) is 17.4 Å². The number of carboxylic acids is 1. The summed E-state index contributed by atoms with van der Waals surface area (Å²) in [5.74, 6) is -4.23. The number of likely N-dealkylation sites (tertiary alicyclic amines) is 1. The molecule has 0 unspecified atom stereocenters. The topological polar surface area (TPSA) is 193 Å². The van der Waals surface area contributed by atoms with Crippen LogP contribution < -0.4 is 15.4 Å². The molecule has 1 aromatic heterocycles. The van der Waals surface area contributed by atoms with E-state index in [9.17, 15) is 38.3 Å². The molecule has 264 valence electrons. The van der Waals surface area contributed by atoms with Crippen molar-refractivity contribution in [2.75, 3.05) is 53.0 Å². The second-order valence-corrected chi connectivity index (χ2v) is 12.1. The average Bonchev–Trinajstić information content (AvgIpc) is 3.70. The Kier molecular flexibility index (Phi) is 10.7. The van der Waals surface area contributed by atoms with E-state index in [-0.39, 0.29) is 61.9 Å². The maximum absolute atomic E-state index is 14.2. The molecule has 17 heteroatoms. The van der Waals surface area contributed by atoms with Gasteiger partial charge in [-0.05, 0) is 56.7 Å². The number of likely N-dealkylation sites (N-methyl/N-ethyl adjacent to an activating group) is 1. The number of nitrogens with zero attached hydrogens (tertiary/aromatic N) is 5. The Labute approximate surface area is 281 Å². The first-order valence-electron chi connectivity index (χ1n) is 16.2. The Morgan fingerprint density at radius 3 is 2.41 bits per heavy atom. The number of aliphatic carboxylic acids is 1. The highest BCUT2D eigenvalue weighted by Gasteiger charge is 2.58. The number of carbonyl (C=O) groups is 6. The fraction of sp³-hybridized carbons (Fsp3) is 0.531. The van der Waals surface area contributed by atoms with Gasteiger partial charge in [0.2, 0.25) is 17.7 Å². The van der Waals surface area contributed by atoms with Crippen LogP contribution in [0.2, 0.25) is 0 Å². The number of hydrogen-bond acceptors (Lipinski definition) is 9. The van der Waals surface area contributed by atoms with Crippen LogP contribution in [0, 0.1) is 11.7 Å². The lowest BCUT2D eigenvalue weighted by molar-refractivity contribution is -0.147. The van der Waals surface area contributed by atoms with Gasteiger partial charge in [-0.25, -0.2) is 13.9 Å². The minimum atomic E-state index is -1.47. The molecule has 3 aliphatic rings. The molecule has 3 heterocycles. The Morgan fingerprint density at radius 2 is 1.78 bits per heavy atom. The van der Waals surface area contributed by atoms with E-state index in [0.717, 1.165) is 23.6 Å². The molecule has 5 amide bonds. The van der Waals surface area contributed by atoms with Crippen LogP contribution in [0.3, 0.4) is 0 Å². The van der Waals surface area contributed by atoms with E-state index in [4.69, 9.17) is 9.47 Å². The minimum Gasteiger partial charge on any atom is -0.481 e. The summed E-state index contributed by atoms with van der Waals surface area (Å²) in [7, 11) is 1.54. The maximum Gasteiger partial charge on any atom is 0.409 e. The number of nitrogens with one attached hydrogen (secondary N) is 2. The molecular formula is C32H40FN7O9. The third kappa shape index (κ3) is 7.60. The van der Waals surface area contributed by atoms with E-state index in [0.29, 0.717) is 19.4 Å². The van der Waals surface area contributed by atoms with Crippen LogP contribution in [0.15, 0.2) is 30.3 Å². The van der Waals surface area contributed by atoms with Crippen molar-refractivity contribution in [3.8, 4) is 11.6 Å². The monoisotopic (exact) mass is 685 g/mol. The molecule has 2 atom stereocenters. The van der Waals surface area contributed by atoms with Crippen LogP contribution >= 0.6 is 0 Å². The van der Waals surface area contributed by atoms with Crippen LogP contribution in [0.25, 0.3) is 5.69 Å². The zero-order valence-electron chi connectivity index (χ0n) is 27.4. The average molecular weight is 686 g/mol. The molecule has 0 bridgehead atoms. The number of halogens is 1. The minimum absolute atomic E-state index is 0.0509. The van der Waals surface area contributed by atoms with Crippen molar-refractivity contribution in [1.82, 2.24) is 35.1 Å². The molecule has 2 aromatic rings. The number of carbonyl (C=O) groups excluding carboxylic acids is 5. The molecule has 5 rings (SSSR count). The Hall–Kier alpha value is -5.22. The van der Waals surface area contributed by atoms with Gasteiger partial charge in [0.15, 0.2) is 12.3 Å². The molecule has 2 saturated heterocycles. The van der Waals surface area contributed by atoms with Crippen molar-refractivity contribution in [1.29, 1.82) is 0 Å². The summed E-state index contributed by atoms with van der Waals surface area (Å²) in [6, 6.07) is 5.00. The summed E-state index contributed by atoms with van der Waals surface area (Å²) in [6.45, 7) is 2.27. The van der Waals surface area contributed by atoms with Crippen molar-refractivity contribution in [2.45, 2.75) is 50.6 Å². The Bertz CT molecular complexity index is 1600. The van der Waals surface area contributed by atoms with Crippen molar-refractivity contribution in [2.24, 2.45) is 5.92 Å². The summed E-state index contributed by atoms with van der Waals surface area (Å²) in [6.07, 6.45) is 1.60. The number of piperazine rings is 1. The van der Waals surface area contributed by atoms with Gasteiger partial charge in [-0.3, -0.25) is 24.0 Å². The second-order valence-electron chi connectivity index (χ2n) is 12.1. The molecule has 2 aliphatic heterocycles. The smallest absolute Gasteiger partial charge is 0.409 e. The van der Waals surface area contributed by atoms with Crippen LogP contribution in [0.1, 0.15) is 49.5 Å². The molecule has 0 spiro atoms. The van der Waals surface area contributed by atoms with Crippen molar-refractivity contribution in [3.05, 3.63) is 41.8 Å². The van der Waals surface area contributed by atoms with E-state index < -0.39 is 60.2 Å². The van der Waals surface area contributed by atoms with E-state index in [2.05, 4.69) is 15.7 Å². The van der Waals surface area contributed by atoms with Crippen LogP contribution in [0.5, 0.6) is 5.88 Å². The van der Waals surface area contributed by atoms with Gasteiger partial charge in [-0.2, -0.15) is 5.10 Å². The first kappa shape index (κ1) is 35.1. The summed E-state index contributed by atoms with van der Waals surface area (Å²) >= 11 is 0. The van der Waals surface area contributed by atoms with E-state index in [1.165, 1.54) is 41.1 Å². The van der Waals surface area contributed by atoms with Gasteiger partial charge in [-0.1, -0.05) is 6.07 Å². The number of hydrogen-bond donors (Lipinski definition) is 3. The van der Waals surface area contributed by atoms with E-state index in [1.54, 1.807) is 11.8 Å². The predicted molar refractivity (Wildman–Crippen MR) is 168 cm³/mol. The van der Waals surface area contributed by atoms with Gasteiger partial charge in [-0.15, -0.1) is 0 Å².